The van der Waals surface area contributed by atoms with E-state index < -0.39 is 10.0 Å². The Morgan fingerprint density at radius 3 is 2.25 bits per heavy atom. The summed E-state index contributed by atoms with van der Waals surface area (Å²) in [5, 5.41) is 8.80. The van der Waals surface area contributed by atoms with Gasteiger partial charge in [0.05, 0.1) is 4.90 Å². The summed E-state index contributed by atoms with van der Waals surface area (Å²) in [6, 6.07) is 6.99. The average Bonchev–Trinajstić information content (AvgIpc) is 2.46. The van der Waals surface area contributed by atoms with Crippen molar-refractivity contribution in [3.63, 3.8) is 0 Å². The fourth-order valence-electron chi connectivity index (χ4n) is 2.04. The maximum atomic E-state index is 12.5. The molecule has 0 radical (unpaired) electrons. The molecule has 0 saturated heterocycles. The van der Waals surface area contributed by atoms with Crippen molar-refractivity contribution in [2.75, 3.05) is 19.7 Å². The van der Waals surface area contributed by atoms with Gasteiger partial charge in [0.15, 0.2) is 0 Å². The second-order valence-corrected chi connectivity index (χ2v) is 6.76. The molecule has 0 spiro atoms. The SMILES string of the molecule is CCCCN(CC)S(=O)(=O)c1ccc(CCCO)cc1. The molecule has 0 atom stereocenters. The highest BCUT2D eigenvalue weighted by molar-refractivity contribution is 7.89. The van der Waals surface area contributed by atoms with Crippen LogP contribution in [-0.4, -0.2) is 37.5 Å². The van der Waals surface area contributed by atoms with Crippen molar-refractivity contribution in [3.8, 4) is 0 Å². The summed E-state index contributed by atoms with van der Waals surface area (Å²) in [5.41, 5.74) is 1.05. The highest BCUT2D eigenvalue weighted by atomic mass is 32.2. The number of hydrogen-bond acceptors (Lipinski definition) is 3. The second kappa shape index (κ2) is 8.39. The van der Waals surface area contributed by atoms with Crippen LogP contribution in [-0.2, 0) is 16.4 Å². The Balaban J connectivity index is 2.85. The van der Waals surface area contributed by atoms with Crippen molar-refractivity contribution in [1.82, 2.24) is 4.31 Å². The van der Waals surface area contributed by atoms with Gasteiger partial charge in [-0.15, -0.1) is 0 Å². The maximum absolute atomic E-state index is 12.5. The fourth-order valence-corrected chi connectivity index (χ4v) is 3.53. The Hall–Kier alpha value is -0.910. The van der Waals surface area contributed by atoms with E-state index in [0.29, 0.717) is 24.4 Å². The van der Waals surface area contributed by atoms with E-state index in [9.17, 15) is 8.42 Å². The first-order valence-electron chi connectivity index (χ1n) is 7.26. The second-order valence-electron chi connectivity index (χ2n) is 4.82. The van der Waals surface area contributed by atoms with E-state index in [1.54, 1.807) is 12.1 Å². The van der Waals surface area contributed by atoms with Gasteiger partial charge in [-0.1, -0.05) is 32.4 Å². The van der Waals surface area contributed by atoms with Gasteiger partial charge < -0.3 is 5.11 Å². The molecule has 1 aromatic rings. The molecular weight excluding hydrogens is 274 g/mol. The van der Waals surface area contributed by atoms with Crippen LogP contribution in [0.4, 0.5) is 0 Å². The van der Waals surface area contributed by atoms with Crippen LogP contribution >= 0.6 is 0 Å². The van der Waals surface area contributed by atoms with E-state index in [1.165, 1.54) is 4.31 Å². The van der Waals surface area contributed by atoms with Crippen LogP contribution in [0.25, 0.3) is 0 Å². The predicted molar refractivity (Wildman–Crippen MR) is 81.2 cm³/mol. The monoisotopic (exact) mass is 299 g/mol. The first kappa shape index (κ1) is 17.1. The number of rotatable bonds is 9. The van der Waals surface area contributed by atoms with E-state index in [0.717, 1.165) is 24.8 Å². The Morgan fingerprint density at radius 1 is 1.10 bits per heavy atom. The number of sulfonamides is 1. The van der Waals surface area contributed by atoms with Gasteiger partial charge in [-0.25, -0.2) is 8.42 Å². The molecule has 1 aromatic carbocycles. The van der Waals surface area contributed by atoms with E-state index in [-0.39, 0.29) is 6.61 Å². The highest BCUT2D eigenvalue weighted by Gasteiger charge is 2.22. The average molecular weight is 299 g/mol. The Kier molecular flexibility index (Phi) is 7.19. The molecule has 1 rings (SSSR count). The lowest BCUT2D eigenvalue weighted by Gasteiger charge is -2.20. The normalized spacial score (nSPS) is 12.0. The van der Waals surface area contributed by atoms with E-state index in [2.05, 4.69) is 6.92 Å². The summed E-state index contributed by atoms with van der Waals surface area (Å²) < 4.78 is 26.5. The van der Waals surface area contributed by atoms with Crippen LogP contribution < -0.4 is 0 Å². The molecule has 0 fully saturated rings. The molecule has 0 saturated carbocycles. The predicted octanol–water partition coefficient (Wildman–Crippen LogP) is 2.42. The summed E-state index contributed by atoms with van der Waals surface area (Å²) in [5.74, 6) is 0. The zero-order valence-electron chi connectivity index (χ0n) is 12.4. The van der Waals surface area contributed by atoms with Gasteiger partial charge in [0.1, 0.15) is 0 Å². The number of unbranched alkanes of at least 4 members (excludes halogenated alkanes) is 1. The van der Waals surface area contributed by atoms with Crippen LogP contribution in [0.5, 0.6) is 0 Å². The molecule has 20 heavy (non-hydrogen) atoms. The molecule has 0 aliphatic carbocycles. The lowest BCUT2D eigenvalue weighted by Crippen LogP contribution is -2.31. The third-order valence-electron chi connectivity index (χ3n) is 3.30. The number of hydrogen-bond donors (Lipinski definition) is 1. The van der Waals surface area contributed by atoms with Gasteiger partial charge >= 0.3 is 0 Å². The maximum Gasteiger partial charge on any atom is 0.243 e. The highest BCUT2D eigenvalue weighted by Crippen LogP contribution is 2.17. The van der Waals surface area contributed by atoms with Gasteiger partial charge in [-0.2, -0.15) is 4.31 Å². The first-order valence-corrected chi connectivity index (χ1v) is 8.70. The van der Waals surface area contributed by atoms with E-state index >= 15 is 0 Å². The molecular formula is C15H25NO3S. The van der Waals surface area contributed by atoms with E-state index in [4.69, 9.17) is 5.11 Å². The summed E-state index contributed by atoms with van der Waals surface area (Å²) in [7, 11) is -3.38. The number of aliphatic hydroxyl groups is 1. The minimum Gasteiger partial charge on any atom is -0.396 e. The molecule has 0 aromatic heterocycles. The third kappa shape index (κ3) is 4.58. The van der Waals surface area contributed by atoms with Crippen molar-refractivity contribution in [2.24, 2.45) is 0 Å². The van der Waals surface area contributed by atoms with Gasteiger partial charge in [-0.05, 0) is 37.0 Å². The molecule has 0 aliphatic rings. The number of benzene rings is 1. The standard InChI is InChI=1S/C15H25NO3S/c1-3-5-12-16(4-2)20(18,19)15-10-8-14(9-11-15)7-6-13-17/h8-11,17H,3-7,12-13H2,1-2H3. The van der Waals surface area contributed by atoms with Gasteiger partial charge in [-0.3, -0.25) is 0 Å². The largest absolute Gasteiger partial charge is 0.396 e. The Labute approximate surface area is 122 Å². The molecule has 0 unspecified atom stereocenters. The van der Waals surface area contributed by atoms with Crippen molar-refractivity contribution < 1.29 is 13.5 Å². The van der Waals surface area contributed by atoms with Crippen molar-refractivity contribution >= 4 is 10.0 Å². The lowest BCUT2D eigenvalue weighted by molar-refractivity contribution is 0.288. The summed E-state index contributed by atoms with van der Waals surface area (Å²) in [4.78, 5) is 0.350. The number of aliphatic hydroxyl groups excluding tert-OH is 1. The molecule has 114 valence electrons. The molecule has 0 bridgehead atoms. The smallest absolute Gasteiger partial charge is 0.243 e. The number of nitrogens with zero attached hydrogens (tertiary/aromatic N) is 1. The zero-order valence-corrected chi connectivity index (χ0v) is 13.2. The molecule has 1 N–H and O–H groups in total. The molecule has 5 heteroatoms. The summed E-state index contributed by atoms with van der Waals surface area (Å²) >= 11 is 0. The minimum atomic E-state index is -3.38. The Bertz CT molecular complexity index is 482. The molecule has 4 nitrogen and oxygen atoms in total. The van der Waals surface area contributed by atoms with Crippen LogP contribution in [0.15, 0.2) is 29.2 Å². The van der Waals surface area contributed by atoms with Gasteiger partial charge in [0.2, 0.25) is 10.0 Å². The van der Waals surface area contributed by atoms with Crippen LogP contribution in [0.2, 0.25) is 0 Å². The van der Waals surface area contributed by atoms with Crippen LogP contribution in [0.1, 0.15) is 38.7 Å². The third-order valence-corrected chi connectivity index (χ3v) is 5.29. The van der Waals surface area contributed by atoms with E-state index in [1.807, 2.05) is 19.1 Å². The Morgan fingerprint density at radius 2 is 1.75 bits per heavy atom. The van der Waals surface area contributed by atoms with Crippen molar-refractivity contribution in [2.45, 2.75) is 44.4 Å². The fraction of sp³-hybridized carbons (Fsp3) is 0.600. The van der Waals surface area contributed by atoms with Crippen molar-refractivity contribution in [3.05, 3.63) is 29.8 Å². The summed E-state index contributed by atoms with van der Waals surface area (Å²) in [6.45, 7) is 5.14. The summed E-state index contributed by atoms with van der Waals surface area (Å²) in [6.07, 6.45) is 3.32. The zero-order chi connectivity index (χ0) is 15.0. The first-order chi connectivity index (χ1) is 9.56. The lowest BCUT2D eigenvalue weighted by atomic mass is 10.1. The van der Waals surface area contributed by atoms with Gasteiger partial charge in [0.25, 0.3) is 0 Å². The van der Waals surface area contributed by atoms with Gasteiger partial charge in [0, 0.05) is 19.7 Å². The molecule has 0 heterocycles. The van der Waals surface area contributed by atoms with Crippen molar-refractivity contribution in [1.29, 1.82) is 0 Å². The minimum absolute atomic E-state index is 0.153. The van der Waals surface area contributed by atoms with Crippen LogP contribution in [0.3, 0.4) is 0 Å². The van der Waals surface area contributed by atoms with Crippen LogP contribution in [0, 0.1) is 0 Å². The number of aryl methyl sites for hydroxylation is 1. The quantitative estimate of drug-likeness (QED) is 0.762. The topological polar surface area (TPSA) is 57.6 Å². The molecule has 0 aliphatic heterocycles. The molecule has 0 amide bonds.